The minimum absolute atomic E-state index is 0.197. The average Bonchev–Trinajstić information content (AvgIpc) is 3.14. The van der Waals surface area contributed by atoms with Gasteiger partial charge < -0.3 is 9.47 Å². The van der Waals surface area contributed by atoms with Crippen LogP contribution in [0.4, 0.5) is 5.69 Å². The third kappa shape index (κ3) is 6.18. The molecular weight excluding hydrogens is 476 g/mol. The van der Waals surface area contributed by atoms with Crippen LogP contribution in [-0.2, 0) is 11.8 Å². The maximum atomic E-state index is 12.1. The molecule has 0 unspecified atom stereocenters. The summed E-state index contributed by atoms with van der Waals surface area (Å²) in [4.78, 5) is 14.4. The maximum Gasteiger partial charge on any atom is 0.250 e. The fraction of sp³-hybridized carbons (Fsp3) is 0.273. The van der Waals surface area contributed by atoms with Crippen LogP contribution in [-0.4, -0.2) is 45.7 Å². The molecule has 1 amide bonds. The minimum Gasteiger partial charge on any atom is -0.372 e. The number of carbonyl (C=O) groups is 1. The fourth-order valence-corrected chi connectivity index (χ4v) is 4.12. The number of benzene rings is 2. The summed E-state index contributed by atoms with van der Waals surface area (Å²) in [6.45, 7) is 6.20. The second-order valence-corrected chi connectivity index (χ2v) is 8.58. The summed E-state index contributed by atoms with van der Waals surface area (Å²) in [6, 6.07) is 15.9. The highest BCUT2D eigenvalue weighted by atomic mass is 79.9. The van der Waals surface area contributed by atoms with Crippen molar-refractivity contribution in [3.63, 3.8) is 0 Å². The van der Waals surface area contributed by atoms with Crippen molar-refractivity contribution < 1.29 is 4.79 Å². The van der Waals surface area contributed by atoms with Crippen LogP contribution in [0.1, 0.15) is 19.4 Å². The van der Waals surface area contributed by atoms with Gasteiger partial charge in [0.2, 0.25) is 0 Å². The van der Waals surface area contributed by atoms with Gasteiger partial charge in [-0.25, -0.2) is 5.43 Å². The first-order valence-corrected chi connectivity index (χ1v) is 11.7. The molecule has 2 aromatic carbocycles. The Morgan fingerprint density at radius 1 is 1.19 bits per heavy atom. The Morgan fingerprint density at radius 3 is 2.61 bits per heavy atom. The molecule has 0 saturated carbocycles. The lowest BCUT2D eigenvalue weighted by molar-refractivity contribution is -0.118. The van der Waals surface area contributed by atoms with Crippen LogP contribution >= 0.6 is 27.7 Å². The molecule has 0 spiro atoms. The Bertz CT molecular complexity index is 1050. The van der Waals surface area contributed by atoms with Crippen LogP contribution in [0.2, 0.25) is 0 Å². The summed E-state index contributed by atoms with van der Waals surface area (Å²) >= 11 is 4.78. The first-order valence-electron chi connectivity index (χ1n) is 9.96. The molecule has 0 bridgehead atoms. The third-order valence-electron chi connectivity index (χ3n) is 4.67. The second kappa shape index (κ2) is 11.1. The Balaban J connectivity index is 1.52. The van der Waals surface area contributed by atoms with Gasteiger partial charge >= 0.3 is 0 Å². The number of thioether (sulfide) groups is 1. The van der Waals surface area contributed by atoms with Crippen molar-refractivity contribution in [2.45, 2.75) is 19.0 Å². The van der Waals surface area contributed by atoms with E-state index in [9.17, 15) is 4.79 Å². The Morgan fingerprint density at radius 2 is 1.94 bits per heavy atom. The Hall–Kier alpha value is -2.65. The van der Waals surface area contributed by atoms with Gasteiger partial charge in [-0.05, 0) is 43.7 Å². The minimum atomic E-state index is -0.201. The van der Waals surface area contributed by atoms with E-state index < -0.39 is 0 Å². The number of aromatic nitrogens is 3. The SMILES string of the molecule is CCN(CC)c1ccc(C=NNC(=O)CSc2nnc(-c3cccc(Br)c3)n2C)cc1. The van der Waals surface area contributed by atoms with Gasteiger partial charge in [0.1, 0.15) is 0 Å². The molecule has 0 fully saturated rings. The van der Waals surface area contributed by atoms with Crippen molar-refractivity contribution >= 4 is 45.5 Å². The van der Waals surface area contributed by atoms with Crippen LogP contribution < -0.4 is 10.3 Å². The van der Waals surface area contributed by atoms with Crippen molar-refractivity contribution in [2.24, 2.45) is 12.1 Å². The summed E-state index contributed by atoms with van der Waals surface area (Å²) < 4.78 is 2.85. The van der Waals surface area contributed by atoms with Crippen LogP contribution in [0.25, 0.3) is 11.4 Å². The van der Waals surface area contributed by atoms with Crippen LogP contribution in [0.15, 0.2) is 63.3 Å². The molecule has 7 nitrogen and oxygen atoms in total. The molecule has 0 aliphatic rings. The van der Waals surface area contributed by atoms with Crippen LogP contribution in [0, 0.1) is 0 Å². The van der Waals surface area contributed by atoms with E-state index in [1.165, 1.54) is 17.4 Å². The first-order chi connectivity index (χ1) is 15.0. The molecule has 0 atom stereocenters. The topological polar surface area (TPSA) is 75.4 Å². The second-order valence-electron chi connectivity index (χ2n) is 6.72. The van der Waals surface area contributed by atoms with Gasteiger partial charge in [0.25, 0.3) is 5.91 Å². The van der Waals surface area contributed by atoms with E-state index in [1.54, 1.807) is 6.21 Å². The molecule has 1 aromatic heterocycles. The largest absolute Gasteiger partial charge is 0.372 e. The van der Waals surface area contributed by atoms with Crippen molar-refractivity contribution in [2.75, 3.05) is 23.7 Å². The van der Waals surface area contributed by atoms with Crippen LogP contribution in [0.3, 0.4) is 0 Å². The van der Waals surface area contributed by atoms with Gasteiger partial charge in [-0.3, -0.25) is 4.79 Å². The van der Waals surface area contributed by atoms with E-state index in [4.69, 9.17) is 0 Å². The Labute approximate surface area is 195 Å². The van der Waals surface area contributed by atoms with E-state index in [-0.39, 0.29) is 11.7 Å². The number of hydrazone groups is 1. The fourth-order valence-electron chi connectivity index (χ4n) is 3.02. The van der Waals surface area contributed by atoms with Gasteiger partial charge in [0.15, 0.2) is 11.0 Å². The summed E-state index contributed by atoms with van der Waals surface area (Å²) in [5, 5.41) is 13.2. The van der Waals surface area contributed by atoms with Crippen LogP contribution in [0.5, 0.6) is 0 Å². The highest BCUT2D eigenvalue weighted by Crippen LogP contribution is 2.24. The number of nitrogens with zero attached hydrogens (tertiary/aromatic N) is 5. The number of nitrogens with one attached hydrogen (secondary N) is 1. The predicted octanol–water partition coefficient (Wildman–Crippen LogP) is 4.33. The van der Waals surface area contributed by atoms with Gasteiger partial charge in [-0.2, -0.15) is 5.10 Å². The standard InChI is InChI=1S/C22H25BrN6OS/c1-4-29(5-2)19-11-9-16(10-12-19)14-24-25-20(30)15-31-22-27-26-21(28(22)3)17-7-6-8-18(23)13-17/h6-14H,4-5,15H2,1-3H3,(H,25,30). The average molecular weight is 501 g/mol. The lowest BCUT2D eigenvalue weighted by Crippen LogP contribution is -2.21. The number of rotatable bonds is 9. The quantitative estimate of drug-likeness (QED) is 0.268. The molecule has 0 saturated heterocycles. The van der Waals surface area contributed by atoms with E-state index in [0.29, 0.717) is 5.16 Å². The lowest BCUT2D eigenvalue weighted by atomic mass is 10.2. The van der Waals surface area contributed by atoms with Crippen molar-refractivity contribution in [1.29, 1.82) is 0 Å². The zero-order valence-corrected chi connectivity index (χ0v) is 20.2. The third-order valence-corrected chi connectivity index (χ3v) is 6.19. The molecule has 0 aliphatic heterocycles. The molecule has 0 aliphatic carbocycles. The summed E-state index contributed by atoms with van der Waals surface area (Å²) in [5.41, 5.74) is 5.62. The monoisotopic (exact) mass is 500 g/mol. The maximum absolute atomic E-state index is 12.1. The van der Waals surface area contributed by atoms with E-state index in [0.717, 1.165) is 34.5 Å². The zero-order chi connectivity index (χ0) is 22.2. The molecule has 0 radical (unpaired) electrons. The van der Waals surface area contributed by atoms with Gasteiger partial charge in [-0.1, -0.05) is 52.0 Å². The first kappa shape index (κ1) is 23.0. The zero-order valence-electron chi connectivity index (χ0n) is 17.7. The molecule has 9 heteroatoms. The Kier molecular flexibility index (Phi) is 8.25. The number of halogens is 1. The highest BCUT2D eigenvalue weighted by Gasteiger charge is 2.13. The molecule has 31 heavy (non-hydrogen) atoms. The molecular formula is C22H25BrN6OS. The predicted molar refractivity (Wildman–Crippen MR) is 131 cm³/mol. The summed E-state index contributed by atoms with van der Waals surface area (Å²) in [7, 11) is 1.89. The summed E-state index contributed by atoms with van der Waals surface area (Å²) in [6.07, 6.45) is 1.64. The number of hydrogen-bond acceptors (Lipinski definition) is 6. The highest BCUT2D eigenvalue weighted by molar-refractivity contribution is 9.10. The van der Waals surface area contributed by atoms with E-state index in [1.807, 2.05) is 48.0 Å². The molecule has 3 rings (SSSR count). The van der Waals surface area contributed by atoms with E-state index >= 15 is 0 Å². The van der Waals surface area contributed by atoms with Gasteiger partial charge in [0.05, 0.1) is 12.0 Å². The smallest absolute Gasteiger partial charge is 0.250 e. The van der Waals surface area contributed by atoms with E-state index in [2.05, 4.69) is 67.5 Å². The molecule has 3 aromatic rings. The molecule has 1 heterocycles. The van der Waals surface area contributed by atoms with Crippen molar-refractivity contribution in [3.8, 4) is 11.4 Å². The number of anilines is 1. The van der Waals surface area contributed by atoms with Gasteiger partial charge in [-0.15, -0.1) is 10.2 Å². The molecule has 1 N–H and O–H groups in total. The van der Waals surface area contributed by atoms with Crippen molar-refractivity contribution in [1.82, 2.24) is 20.2 Å². The number of hydrogen-bond donors (Lipinski definition) is 1. The number of carbonyl (C=O) groups excluding carboxylic acids is 1. The normalized spacial score (nSPS) is 11.1. The van der Waals surface area contributed by atoms with Gasteiger partial charge in [0, 0.05) is 35.9 Å². The summed E-state index contributed by atoms with van der Waals surface area (Å²) in [5.74, 6) is 0.742. The van der Waals surface area contributed by atoms with Crippen molar-refractivity contribution in [3.05, 3.63) is 58.6 Å². The number of amides is 1. The molecule has 162 valence electrons. The lowest BCUT2D eigenvalue weighted by Gasteiger charge is -2.20.